The molecule has 0 radical (unpaired) electrons. The summed E-state index contributed by atoms with van der Waals surface area (Å²) in [5, 5.41) is 8.01. The summed E-state index contributed by atoms with van der Waals surface area (Å²) in [7, 11) is 1.75. The zero-order chi connectivity index (χ0) is 19.7. The van der Waals surface area contributed by atoms with E-state index in [9.17, 15) is 0 Å². The lowest BCUT2D eigenvalue weighted by Crippen LogP contribution is -2.68. The van der Waals surface area contributed by atoms with Crippen molar-refractivity contribution in [3.8, 4) is 5.75 Å². The van der Waals surface area contributed by atoms with E-state index in [4.69, 9.17) is 4.74 Å². The topological polar surface area (TPSA) is 33.3 Å². The molecule has 0 amide bonds. The molecule has 2 atom stereocenters. The minimum atomic E-state index is -0.217. The van der Waals surface area contributed by atoms with Gasteiger partial charge in [-0.3, -0.25) is 0 Å². The first-order chi connectivity index (χ1) is 14.3. The van der Waals surface area contributed by atoms with Gasteiger partial charge in [0.1, 0.15) is 5.75 Å². The molecule has 1 heterocycles. The van der Waals surface area contributed by atoms with Gasteiger partial charge in [-0.2, -0.15) is 0 Å². The number of piperidine rings is 1. The monoisotopic (exact) mass is 384 g/mol. The minimum absolute atomic E-state index is 0.0723. The third kappa shape index (κ3) is 2.80. The predicted octanol–water partition coefficient (Wildman–Crippen LogP) is 4.41. The number of fused-ring (bicyclic) bond motifs is 3. The summed E-state index contributed by atoms with van der Waals surface area (Å²) in [6, 6.07) is 28.3. The molecule has 3 aromatic carbocycles. The van der Waals surface area contributed by atoms with Crippen LogP contribution in [0.15, 0.2) is 78.9 Å². The number of para-hydroxylation sites is 1. The van der Waals surface area contributed by atoms with Crippen molar-refractivity contribution < 1.29 is 4.74 Å². The molecule has 3 nitrogen and oxygen atoms in total. The standard InChI is InChI=1S/C26H28N2O/c1-29-24-15-8-6-11-21(24)19-28-25-16-9-17-27-26(25,22-12-3-2-4-13-22)23-14-7-5-10-20(23)18-25/h2-8,10-15,27-28H,9,16-19H2,1H3/t25-,26-/m1/s1. The quantitative estimate of drug-likeness (QED) is 0.684. The number of ether oxygens (including phenoxy) is 1. The molecule has 29 heavy (non-hydrogen) atoms. The van der Waals surface area contributed by atoms with E-state index < -0.39 is 0 Å². The van der Waals surface area contributed by atoms with Crippen molar-refractivity contribution >= 4 is 0 Å². The highest BCUT2D eigenvalue weighted by atomic mass is 16.5. The lowest BCUT2D eigenvalue weighted by Gasteiger charge is -2.52. The van der Waals surface area contributed by atoms with Crippen LogP contribution in [-0.4, -0.2) is 19.2 Å². The van der Waals surface area contributed by atoms with E-state index in [1.54, 1.807) is 7.11 Å². The zero-order valence-electron chi connectivity index (χ0n) is 16.9. The molecule has 2 aliphatic rings. The van der Waals surface area contributed by atoms with E-state index >= 15 is 0 Å². The molecule has 1 saturated heterocycles. The number of methoxy groups -OCH3 is 1. The Bertz CT molecular complexity index is 1000. The van der Waals surface area contributed by atoms with E-state index in [0.717, 1.165) is 31.7 Å². The first-order valence-electron chi connectivity index (χ1n) is 10.5. The van der Waals surface area contributed by atoms with Crippen LogP contribution >= 0.6 is 0 Å². The maximum Gasteiger partial charge on any atom is 0.123 e. The van der Waals surface area contributed by atoms with Crippen molar-refractivity contribution in [2.45, 2.75) is 36.9 Å². The van der Waals surface area contributed by atoms with Crippen LogP contribution in [0.4, 0.5) is 0 Å². The Morgan fingerprint density at radius 2 is 1.69 bits per heavy atom. The summed E-state index contributed by atoms with van der Waals surface area (Å²) in [6.07, 6.45) is 3.33. The fourth-order valence-corrected chi connectivity index (χ4v) is 5.58. The van der Waals surface area contributed by atoms with E-state index in [2.05, 4.69) is 77.4 Å². The van der Waals surface area contributed by atoms with Crippen LogP contribution in [0.3, 0.4) is 0 Å². The Balaban J connectivity index is 1.61. The average Bonchev–Trinajstić information content (AvgIpc) is 3.10. The van der Waals surface area contributed by atoms with Crippen molar-refractivity contribution in [2.75, 3.05) is 13.7 Å². The van der Waals surface area contributed by atoms with Gasteiger partial charge in [-0.1, -0.05) is 72.8 Å². The molecule has 3 heteroatoms. The summed E-state index contributed by atoms with van der Waals surface area (Å²) in [5.41, 5.74) is 5.11. The molecule has 1 fully saturated rings. The van der Waals surface area contributed by atoms with Gasteiger partial charge in [0.25, 0.3) is 0 Å². The summed E-state index contributed by atoms with van der Waals surface area (Å²) in [6.45, 7) is 1.82. The normalized spacial score (nSPS) is 25.3. The van der Waals surface area contributed by atoms with E-state index in [0.29, 0.717) is 0 Å². The Morgan fingerprint density at radius 3 is 2.55 bits per heavy atom. The summed E-state index contributed by atoms with van der Waals surface area (Å²) >= 11 is 0. The lowest BCUT2D eigenvalue weighted by molar-refractivity contribution is 0.128. The van der Waals surface area contributed by atoms with Crippen LogP contribution in [0.5, 0.6) is 5.75 Å². The van der Waals surface area contributed by atoms with Crippen LogP contribution in [0, 0.1) is 0 Å². The summed E-state index contributed by atoms with van der Waals surface area (Å²) in [5.74, 6) is 0.945. The van der Waals surface area contributed by atoms with Crippen LogP contribution in [0.1, 0.15) is 35.1 Å². The van der Waals surface area contributed by atoms with E-state index in [1.165, 1.54) is 28.7 Å². The van der Waals surface area contributed by atoms with Gasteiger partial charge in [0.2, 0.25) is 0 Å². The number of benzene rings is 3. The Labute approximate surface area is 173 Å². The van der Waals surface area contributed by atoms with E-state index in [1.807, 2.05) is 12.1 Å². The number of rotatable bonds is 5. The Kier molecular flexibility index (Phi) is 4.65. The first kappa shape index (κ1) is 18.4. The van der Waals surface area contributed by atoms with Crippen molar-refractivity contribution in [3.63, 3.8) is 0 Å². The molecule has 0 unspecified atom stereocenters. The smallest absolute Gasteiger partial charge is 0.123 e. The maximum atomic E-state index is 5.61. The largest absolute Gasteiger partial charge is 0.496 e. The second kappa shape index (κ2) is 7.33. The van der Waals surface area contributed by atoms with Crippen molar-refractivity contribution in [1.82, 2.24) is 10.6 Å². The van der Waals surface area contributed by atoms with Gasteiger partial charge >= 0.3 is 0 Å². The zero-order valence-corrected chi connectivity index (χ0v) is 16.9. The van der Waals surface area contributed by atoms with Gasteiger partial charge in [-0.15, -0.1) is 0 Å². The second-order valence-corrected chi connectivity index (χ2v) is 8.23. The van der Waals surface area contributed by atoms with Gasteiger partial charge in [0.05, 0.1) is 12.6 Å². The highest BCUT2D eigenvalue weighted by molar-refractivity contribution is 5.54. The van der Waals surface area contributed by atoms with Gasteiger partial charge in [-0.05, 0) is 48.6 Å². The SMILES string of the molecule is COc1ccccc1CN[C@@]12CCCN[C@]1(c1ccccc1)c1ccccc1C2. The molecule has 0 bridgehead atoms. The van der Waals surface area contributed by atoms with Crippen LogP contribution in [0.2, 0.25) is 0 Å². The second-order valence-electron chi connectivity index (χ2n) is 8.23. The molecular formula is C26H28N2O. The van der Waals surface area contributed by atoms with Crippen molar-refractivity contribution in [2.24, 2.45) is 0 Å². The predicted molar refractivity (Wildman–Crippen MR) is 117 cm³/mol. The molecule has 0 saturated carbocycles. The van der Waals surface area contributed by atoms with Gasteiger partial charge in [0.15, 0.2) is 0 Å². The average molecular weight is 385 g/mol. The summed E-state index contributed by atoms with van der Waals surface area (Å²) < 4.78 is 5.61. The van der Waals surface area contributed by atoms with Crippen LogP contribution in [0.25, 0.3) is 0 Å². The molecule has 2 N–H and O–H groups in total. The summed E-state index contributed by atoms with van der Waals surface area (Å²) in [4.78, 5) is 0. The Morgan fingerprint density at radius 1 is 0.931 bits per heavy atom. The lowest BCUT2D eigenvalue weighted by atomic mass is 9.67. The molecule has 0 aromatic heterocycles. The third-order valence-electron chi connectivity index (χ3n) is 6.82. The molecular weight excluding hydrogens is 356 g/mol. The van der Waals surface area contributed by atoms with Crippen molar-refractivity contribution in [3.05, 3.63) is 101 Å². The molecule has 5 rings (SSSR count). The number of nitrogens with one attached hydrogen (secondary N) is 2. The van der Waals surface area contributed by atoms with Gasteiger partial charge in [0, 0.05) is 17.6 Å². The third-order valence-corrected chi connectivity index (χ3v) is 6.82. The minimum Gasteiger partial charge on any atom is -0.496 e. The molecule has 0 spiro atoms. The van der Waals surface area contributed by atoms with Gasteiger partial charge < -0.3 is 15.4 Å². The fraction of sp³-hybridized carbons (Fsp3) is 0.308. The number of hydrogen-bond acceptors (Lipinski definition) is 3. The molecule has 1 aliphatic carbocycles. The highest BCUT2D eigenvalue weighted by Gasteiger charge is 2.59. The molecule has 1 aliphatic heterocycles. The first-order valence-corrected chi connectivity index (χ1v) is 10.5. The van der Waals surface area contributed by atoms with Crippen LogP contribution < -0.4 is 15.4 Å². The fourth-order valence-electron chi connectivity index (χ4n) is 5.58. The van der Waals surface area contributed by atoms with Crippen LogP contribution in [-0.2, 0) is 18.5 Å². The highest BCUT2D eigenvalue weighted by Crippen LogP contribution is 2.52. The number of hydrogen-bond donors (Lipinski definition) is 2. The molecule has 148 valence electrons. The van der Waals surface area contributed by atoms with Gasteiger partial charge in [-0.25, -0.2) is 0 Å². The Hall–Kier alpha value is -2.62. The van der Waals surface area contributed by atoms with Crippen molar-refractivity contribution in [1.29, 1.82) is 0 Å². The maximum absolute atomic E-state index is 5.61. The van der Waals surface area contributed by atoms with E-state index in [-0.39, 0.29) is 11.1 Å². The molecule has 3 aromatic rings.